The van der Waals surface area contributed by atoms with Crippen LogP contribution in [0.2, 0.25) is 0 Å². The van der Waals surface area contributed by atoms with E-state index < -0.39 is 5.54 Å². The van der Waals surface area contributed by atoms with Crippen molar-refractivity contribution in [3.63, 3.8) is 0 Å². The quantitative estimate of drug-likeness (QED) is 0.745. The molecule has 0 radical (unpaired) electrons. The zero-order chi connectivity index (χ0) is 18.6. The minimum atomic E-state index is -0.566. The van der Waals surface area contributed by atoms with Crippen LogP contribution in [0, 0.1) is 6.92 Å². The first kappa shape index (κ1) is 18.5. The lowest BCUT2D eigenvalue weighted by Gasteiger charge is -2.42. The molecule has 0 saturated carbocycles. The van der Waals surface area contributed by atoms with E-state index in [1.54, 1.807) is 0 Å². The number of nitrogens with zero attached hydrogens (tertiary/aromatic N) is 2. The summed E-state index contributed by atoms with van der Waals surface area (Å²) in [7, 11) is 0. The lowest BCUT2D eigenvalue weighted by molar-refractivity contribution is -0.127. The molecule has 3 N–H and O–H groups in total. The molecule has 0 unspecified atom stereocenters. The number of anilines is 1. The molecule has 2 aromatic rings. The molecule has 1 fully saturated rings. The van der Waals surface area contributed by atoms with Gasteiger partial charge < -0.3 is 10.6 Å². The van der Waals surface area contributed by atoms with Gasteiger partial charge >= 0.3 is 0 Å². The summed E-state index contributed by atoms with van der Waals surface area (Å²) in [5.41, 5.74) is 2.55. The van der Waals surface area contributed by atoms with Crippen LogP contribution in [0.25, 0.3) is 0 Å². The molecule has 1 aromatic carbocycles. The molecule has 1 aromatic heterocycles. The molecule has 0 atom stereocenters. The van der Waals surface area contributed by atoms with Crippen LogP contribution in [-0.2, 0) is 11.3 Å². The van der Waals surface area contributed by atoms with E-state index in [0.717, 1.165) is 49.6 Å². The Bertz CT molecular complexity index is 717. The highest BCUT2D eigenvalue weighted by atomic mass is 16.2. The smallest absolute Gasteiger partial charge is 0.245 e. The molecular weight excluding hydrogens is 326 g/mol. The number of carbonyl (C=O) groups excluding carboxylic acids is 1. The normalized spacial score (nSPS) is 17.2. The van der Waals surface area contributed by atoms with E-state index in [1.807, 2.05) is 51.1 Å². The number of carbonyl (C=O) groups is 1. The summed E-state index contributed by atoms with van der Waals surface area (Å²) in [6, 6.07) is 12.2. The molecule has 6 heteroatoms. The zero-order valence-corrected chi connectivity index (χ0v) is 15.9. The van der Waals surface area contributed by atoms with Crippen molar-refractivity contribution < 1.29 is 4.79 Å². The molecule has 0 spiro atoms. The number of hydrogen-bond acceptors (Lipinski definition) is 4. The number of aryl methyl sites for hydroxylation is 1. The van der Waals surface area contributed by atoms with E-state index in [-0.39, 0.29) is 11.9 Å². The highest BCUT2D eigenvalue weighted by Crippen LogP contribution is 2.28. The predicted molar refractivity (Wildman–Crippen MR) is 104 cm³/mol. The van der Waals surface area contributed by atoms with Crippen molar-refractivity contribution in [2.24, 2.45) is 0 Å². The number of likely N-dealkylation sites (tertiary alicyclic amines) is 1. The number of hydrogen-bond donors (Lipinski definition) is 3. The number of aromatic amines is 1. The van der Waals surface area contributed by atoms with Gasteiger partial charge in [0.2, 0.25) is 5.91 Å². The van der Waals surface area contributed by atoms with Gasteiger partial charge in [0.05, 0.1) is 5.69 Å². The largest absolute Gasteiger partial charge is 0.371 e. The molecule has 140 valence electrons. The third kappa shape index (κ3) is 4.43. The van der Waals surface area contributed by atoms with Crippen molar-refractivity contribution >= 4 is 11.6 Å². The maximum absolute atomic E-state index is 13.0. The number of rotatable bonds is 6. The summed E-state index contributed by atoms with van der Waals surface area (Å²) in [6.07, 6.45) is 1.54. The number of nitrogens with one attached hydrogen (secondary N) is 3. The molecule has 1 aliphatic rings. The van der Waals surface area contributed by atoms with Crippen molar-refractivity contribution in [1.82, 2.24) is 20.4 Å². The first-order chi connectivity index (χ1) is 12.5. The molecule has 1 amide bonds. The fraction of sp³-hybridized carbons (Fsp3) is 0.500. The molecule has 26 heavy (non-hydrogen) atoms. The van der Waals surface area contributed by atoms with Gasteiger partial charge in [-0.1, -0.05) is 18.2 Å². The monoisotopic (exact) mass is 355 g/mol. The molecule has 1 saturated heterocycles. The van der Waals surface area contributed by atoms with Crippen LogP contribution < -0.4 is 10.6 Å². The van der Waals surface area contributed by atoms with Gasteiger partial charge in [0, 0.05) is 37.1 Å². The van der Waals surface area contributed by atoms with Crippen LogP contribution in [0.1, 0.15) is 38.1 Å². The first-order valence-electron chi connectivity index (χ1n) is 9.34. The Hall–Kier alpha value is -2.34. The first-order valence-corrected chi connectivity index (χ1v) is 9.34. The standard InChI is InChI=1S/C20H29N5O/c1-15(2)21-19(26)20(22-17-7-5-4-6-8-17)9-11-25(12-10-20)14-18-13-16(3)23-24-18/h4-8,13,15,22H,9-12,14H2,1-3H3,(H,21,26)(H,23,24). The van der Waals surface area contributed by atoms with Crippen molar-refractivity contribution in [2.45, 2.75) is 51.7 Å². The van der Waals surface area contributed by atoms with Gasteiger partial charge in [-0.2, -0.15) is 5.10 Å². The highest BCUT2D eigenvalue weighted by molar-refractivity contribution is 5.89. The second-order valence-corrected chi connectivity index (χ2v) is 7.52. The Labute approximate surface area is 155 Å². The number of amides is 1. The highest BCUT2D eigenvalue weighted by Gasteiger charge is 2.41. The molecule has 1 aliphatic heterocycles. The third-order valence-electron chi connectivity index (χ3n) is 4.87. The summed E-state index contributed by atoms with van der Waals surface area (Å²) in [5, 5.41) is 14.0. The molecule has 6 nitrogen and oxygen atoms in total. The number of aromatic nitrogens is 2. The molecule has 0 aliphatic carbocycles. The van der Waals surface area contributed by atoms with E-state index in [4.69, 9.17) is 0 Å². The number of piperidine rings is 1. The average Bonchev–Trinajstić information content (AvgIpc) is 3.02. The SMILES string of the molecule is Cc1cc(CN2CCC(Nc3ccccc3)(C(=O)NC(C)C)CC2)n[nH]1. The topological polar surface area (TPSA) is 73.1 Å². The van der Waals surface area contributed by atoms with Crippen molar-refractivity contribution in [3.05, 3.63) is 47.8 Å². The van der Waals surface area contributed by atoms with Gasteiger partial charge in [0.15, 0.2) is 0 Å². The van der Waals surface area contributed by atoms with E-state index in [9.17, 15) is 4.79 Å². The van der Waals surface area contributed by atoms with Crippen LogP contribution in [0.4, 0.5) is 5.69 Å². The fourth-order valence-electron chi connectivity index (χ4n) is 3.48. The number of benzene rings is 1. The van der Waals surface area contributed by atoms with Gasteiger partial charge in [-0.15, -0.1) is 0 Å². The summed E-state index contributed by atoms with van der Waals surface area (Å²) in [4.78, 5) is 15.4. The van der Waals surface area contributed by atoms with E-state index in [1.165, 1.54) is 0 Å². The third-order valence-corrected chi connectivity index (χ3v) is 4.87. The zero-order valence-electron chi connectivity index (χ0n) is 15.9. The Morgan fingerprint density at radius 2 is 1.96 bits per heavy atom. The van der Waals surface area contributed by atoms with Crippen LogP contribution in [0.15, 0.2) is 36.4 Å². The maximum atomic E-state index is 13.0. The van der Waals surface area contributed by atoms with Crippen LogP contribution in [0.5, 0.6) is 0 Å². The van der Waals surface area contributed by atoms with E-state index in [0.29, 0.717) is 0 Å². The van der Waals surface area contributed by atoms with E-state index >= 15 is 0 Å². The summed E-state index contributed by atoms with van der Waals surface area (Å²) >= 11 is 0. The maximum Gasteiger partial charge on any atom is 0.245 e. The Morgan fingerprint density at radius 3 is 2.54 bits per heavy atom. The van der Waals surface area contributed by atoms with Crippen LogP contribution >= 0.6 is 0 Å². The minimum absolute atomic E-state index is 0.0895. The predicted octanol–water partition coefficient (Wildman–Crippen LogP) is 2.69. The summed E-state index contributed by atoms with van der Waals surface area (Å²) in [5.74, 6) is 0.0895. The average molecular weight is 355 g/mol. The molecular formula is C20H29N5O. The summed E-state index contributed by atoms with van der Waals surface area (Å²) in [6.45, 7) is 8.55. The minimum Gasteiger partial charge on any atom is -0.371 e. The van der Waals surface area contributed by atoms with Crippen LogP contribution in [-0.4, -0.2) is 45.7 Å². The van der Waals surface area contributed by atoms with Gasteiger partial charge in [-0.25, -0.2) is 0 Å². The van der Waals surface area contributed by atoms with Crippen LogP contribution in [0.3, 0.4) is 0 Å². The molecule has 2 heterocycles. The summed E-state index contributed by atoms with van der Waals surface area (Å²) < 4.78 is 0. The van der Waals surface area contributed by atoms with Crippen molar-refractivity contribution in [1.29, 1.82) is 0 Å². The lowest BCUT2D eigenvalue weighted by Crippen LogP contribution is -2.59. The Morgan fingerprint density at radius 1 is 1.27 bits per heavy atom. The van der Waals surface area contributed by atoms with Gasteiger partial charge in [-0.3, -0.25) is 14.8 Å². The second kappa shape index (κ2) is 7.91. The molecule has 3 rings (SSSR count). The number of H-pyrrole nitrogens is 1. The van der Waals surface area contributed by atoms with Crippen molar-refractivity contribution in [3.8, 4) is 0 Å². The number of para-hydroxylation sites is 1. The Kier molecular flexibility index (Phi) is 5.61. The van der Waals surface area contributed by atoms with Gasteiger partial charge in [-0.05, 0) is 51.8 Å². The second-order valence-electron chi connectivity index (χ2n) is 7.52. The molecule has 0 bridgehead atoms. The van der Waals surface area contributed by atoms with Gasteiger partial charge in [0.1, 0.15) is 5.54 Å². The fourth-order valence-corrected chi connectivity index (χ4v) is 3.48. The lowest BCUT2D eigenvalue weighted by atomic mass is 9.85. The van der Waals surface area contributed by atoms with Crippen molar-refractivity contribution in [2.75, 3.05) is 18.4 Å². The van der Waals surface area contributed by atoms with E-state index in [2.05, 4.69) is 31.8 Å². The van der Waals surface area contributed by atoms with Gasteiger partial charge in [0.25, 0.3) is 0 Å². The Balaban J connectivity index is 1.70.